The van der Waals surface area contributed by atoms with Gasteiger partial charge in [-0.2, -0.15) is 0 Å². The van der Waals surface area contributed by atoms with Crippen molar-refractivity contribution in [2.24, 2.45) is 0 Å². The summed E-state index contributed by atoms with van der Waals surface area (Å²) in [4.78, 5) is 0. The second-order valence-electron chi connectivity index (χ2n) is 3.75. The molecule has 5 heteroatoms. The summed E-state index contributed by atoms with van der Waals surface area (Å²) in [7, 11) is 3.56. The van der Waals surface area contributed by atoms with Crippen molar-refractivity contribution in [3.05, 3.63) is 36.2 Å². The molecule has 1 atom stereocenters. The van der Waals surface area contributed by atoms with E-state index in [2.05, 4.69) is 22.6 Å². The van der Waals surface area contributed by atoms with Gasteiger partial charge in [-0.25, -0.2) is 4.68 Å². The monoisotopic (exact) mass is 232 g/mol. The molecule has 1 heterocycles. The first kappa shape index (κ1) is 11.6. The molecule has 90 valence electrons. The van der Waals surface area contributed by atoms with Crippen LogP contribution in [0.5, 0.6) is 5.75 Å². The first-order valence-corrected chi connectivity index (χ1v) is 5.49. The van der Waals surface area contributed by atoms with Gasteiger partial charge in [0.15, 0.2) is 0 Å². The summed E-state index contributed by atoms with van der Waals surface area (Å²) in [6.45, 7) is 2.06. The van der Waals surface area contributed by atoms with Gasteiger partial charge >= 0.3 is 0 Å². The number of aromatic nitrogens is 3. The van der Waals surface area contributed by atoms with Gasteiger partial charge in [0.1, 0.15) is 11.4 Å². The molecule has 0 amide bonds. The van der Waals surface area contributed by atoms with E-state index in [4.69, 9.17) is 4.74 Å². The molecule has 0 bridgehead atoms. The summed E-state index contributed by atoms with van der Waals surface area (Å²) in [6, 6.07) is 7.92. The van der Waals surface area contributed by atoms with Crippen LogP contribution in [-0.4, -0.2) is 29.2 Å². The maximum Gasteiger partial charge on any atom is 0.144 e. The lowest BCUT2D eigenvalue weighted by Gasteiger charge is -2.14. The summed E-state index contributed by atoms with van der Waals surface area (Å²) >= 11 is 0. The van der Waals surface area contributed by atoms with E-state index in [1.54, 1.807) is 18.0 Å². The molecule has 1 N–H and O–H groups in total. The molecule has 0 aliphatic carbocycles. The highest BCUT2D eigenvalue weighted by atomic mass is 16.5. The van der Waals surface area contributed by atoms with E-state index in [-0.39, 0.29) is 6.04 Å². The van der Waals surface area contributed by atoms with Crippen molar-refractivity contribution in [1.82, 2.24) is 20.3 Å². The Morgan fingerprint density at radius 2 is 2.12 bits per heavy atom. The Morgan fingerprint density at radius 1 is 1.35 bits per heavy atom. The molecule has 0 fully saturated rings. The highest BCUT2D eigenvalue weighted by molar-refractivity contribution is 5.46. The van der Waals surface area contributed by atoms with E-state index < -0.39 is 0 Å². The van der Waals surface area contributed by atoms with Crippen LogP contribution in [0.2, 0.25) is 0 Å². The lowest BCUT2D eigenvalue weighted by atomic mass is 10.2. The van der Waals surface area contributed by atoms with Gasteiger partial charge in [-0.05, 0) is 26.1 Å². The molecule has 1 unspecified atom stereocenters. The van der Waals surface area contributed by atoms with Crippen molar-refractivity contribution in [2.75, 3.05) is 14.2 Å². The molecule has 0 spiro atoms. The van der Waals surface area contributed by atoms with Crippen LogP contribution < -0.4 is 10.1 Å². The minimum Gasteiger partial charge on any atom is -0.494 e. The molecule has 0 aliphatic heterocycles. The molecule has 17 heavy (non-hydrogen) atoms. The molecule has 2 aromatic rings. The maximum absolute atomic E-state index is 5.33. The van der Waals surface area contributed by atoms with E-state index in [0.29, 0.717) is 0 Å². The zero-order valence-corrected chi connectivity index (χ0v) is 10.2. The third-order valence-corrected chi connectivity index (χ3v) is 2.77. The first-order valence-electron chi connectivity index (χ1n) is 5.49. The van der Waals surface area contributed by atoms with Gasteiger partial charge in [0.2, 0.25) is 0 Å². The largest absolute Gasteiger partial charge is 0.494 e. The lowest BCUT2D eigenvalue weighted by Crippen LogP contribution is -2.17. The van der Waals surface area contributed by atoms with Gasteiger partial charge in [0, 0.05) is 6.04 Å². The number of rotatable bonds is 4. The fraction of sp³-hybridized carbons (Fsp3) is 0.333. The number of nitrogens with one attached hydrogen (secondary N) is 1. The fourth-order valence-corrected chi connectivity index (χ4v) is 1.68. The fourth-order valence-electron chi connectivity index (χ4n) is 1.68. The highest BCUT2D eigenvalue weighted by Gasteiger charge is 2.14. The van der Waals surface area contributed by atoms with Crippen LogP contribution in [0.25, 0.3) is 5.69 Å². The number of hydrogen-bond donors (Lipinski definition) is 1. The SMILES string of the molecule is CNC(C)c1cnnn1-c1ccccc1OC. The van der Waals surface area contributed by atoms with Crippen LogP contribution in [0.4, 0.5) is 0 Å². The summed E-state index contributed by atoms with van der Waals surface area (Å²) in [5.74, 6) is 0.780. The van der Waals surface area contributed by atoms with Gasteiger partial charge in [-0.1, -0.05) is 17.3 Å². The van der Waals surface area contributed by atoms with Crippen molar-refractivity contribution in [3.8, 4) is 11.4 Å². The Labute approximate surface area is 100 Å². The molecule has 0 saturated carbocycles. The van der Waals surface area contributed by atoms with E-state index >= 15 is 0 Å². The smallest absolute Gasteiger partial charge is 0.144 e. The van der Waals surface area contributed by atoms with E-state index in [1.807, 2.05) is 31.3 Å². The quantitative estimate of drug-likeness (QED) is 0.869. The second-order valence-corrected chi connectivity index (χ2v) is 3.75. The molecule has 0 aliphatic rings. The molecular weight excluding hydrogens is 216 g/mol. The molecule has 1 aromatic carbocycles. The number of benzene rings is 1. The first-order chi connectivity index (χ1) is 8.27. The molecule has 1 aromatic heterocycles. The average Bonchev–Trinajstić information content (AvgIpc) is 2.86. The number of ether oxygens (including phenoxy) is 1. The van der Waals surface area contributed by atoms with E-state index in [0.717, 1.165) is 17.1 Å². The lowest BCUT2D eigenvalue weighted by molar-refractivity contribution is 0.410. The van der Waals surface area contributed by atoms with Crippen molar-refractivity contribution >= 4 is 0 Å². The van der Waals surface area contributed by atoms with Crippen molar-refractivity contribution in [1.29, 1.82) is 0 Å². The van der Waals surface area contributed by atoms with E-state index in [1.165, 1.54) is 0 Å². The van der Waals surface area contributed by atoms with Crippen molar-refractivity contribution < 1.29 is 4.74 Å². The van der Waals surface area contributed by atoms with Crippen LogP contribution in [0.3, 0.4) is 0 Å². The zero-order valence-electron chi connectivity index (χ0n) is 10.2. The van der Waals surface area contributed by atoms with Crippen molar-refractivity contribution in [2.45, 2.75) is 13.0 Å². The number of hydrogen-bond acceptors (Lipinski definition) is 4. The minimum absolute atomic E-state index is 0.176. The number of nitrogens with zero attached hydrogens (tertiary/aromatic N) is 3. The van der Waals surface area contributed by atoms with E-state index in [9.17, 15) is 0 Å². The van der Waals surface area contributed by atoms with Crippen LogP contribution in [0, 0.1) is 0 Å². The van der Waals surface area contributed by atoms with Gasteiger partial charge in [-0.3, -0.25) is 0 Å². The topological polar surface area (TPSA) is 52.0 Å². The Morgan fingerprint density at radius 3 is 2.82 bits per heavy atom. The molecule has 0 saturated heterocycles. The molecular formula is C12H16N4O. The standard InChI is InChI=1S/C12H16N4O/c1-9(13-2)11-8-14-15-16(11)10-6-4-5-7-12(10)17-3/h4-9,13H,1-3H3. The Bertz CT molecular complexity index is 495. The second kappa shape index (κ2) is 4.97. The Hall–Kier alpha value is -1.88. The van der Waals surface area contributed by atoms with Crippen molar-refractivity contribution in [3.63, 3.8) is 0 Å². The average molecular weight is 232 g/mol. The number of methoxy groups -OCH3 is 1. The van der Waals surface area contributed by atoms with Gasteiger partial charge in [0.05, 0.1) is 19.0 Å². The molecule has 5 nitrogen and oxygen atoms in total. The summed E-state index contributed by atoms with van der Waals surface area (Å²) in [5.41, 5.74) is 1.89. The van der Waals surface area contributed by atoms with Gasteiger partial charge in [-0.15, -0.1) is 5.10 Å². The summed E-state index contributed by atoms with van der Waals surface area (Å²) < 4.78 is 7.12. The van der Waals surface area contributed by atoms with Crippen LogP contribution in [0.15, 0.2) is 30.5 Å². The highest BCUT2D eigenvalue weighted by Crippen LogP contribution is 2.24. The minimum atomic E-state index is 0.176. The van der Waals surface area contributed by atoms with Crippen LogP contribution in [-0.2, 0) is 0 Å². The zero-order chi connectivity index (χ0) is 12.3. The predicted octanol–water partition coefficient (Wildman–Crippen LogP) is 1.56. The maximum atomic E-state index is 5.33. The number of para-hydroxylation sites is 2. The Balaban J connectivity index is 2.49. The van der Waals surface area contributed by atoms with Gasteiger partial charge in [0.25, 0.3) is 0 Å². The van der Waals surface area contributed by atoms with Crippen LogP contribution >= 0.6 is 0 Å². The van der Waals surface area contributed by atoms with Gasteiger partial charge < -0.3 is 10.1 Å². The van der Waals surface area contributed by atoms with Crippen LogP contribution in [0.1, 0.15) is 18.7 Å². The third-order valence-electron chi connectivity index (χ3n) is 2.77. The molecule has 2 rings (SSSR count). The Kier molecular flexibility index (Phi) is 3.39. The third kappa shape index (κ3) is 2.14. The summed E-state index contributed by atoms with van der Waals surface area (Å²) in [6.07, 6.45) is 1.76. The normalized spacial score (nSPS) is 12.4. The predicted molar refractivity (Wildman–Crippen MR) is 65.4 cm³/mol. The molecule has 0 radical (unpaired) electrons. The summed E-state index contributed by atoms with van der Waals surface area (Å²) in [5, 5.41) is 11.2.